The minimum absolute atomic E-state index is 0.0636. The summed E-state index contributed by atoms with van der Waals surface area (Å²) in [5, 5.41) is 12.1. The normalized spacial score (nSPS) is 11.5. The van der Waals surface area contributed by atoms with Crippen molar-refractivity contribution in [2.24, 2.45) is 10.9 Å². The largest absolute Gasteiger partial charge is 0.364 e. The lowest BCUT2D eigenvalue weighted by atomic mass is 9.99. The van der Waals surface area contributed by atoms with Gasteiger partial charge in [-0.1, -0.05) is 42.5 Å². The second-order valence-corrected chi connectivity index (χ2v) is 9.33. The van der Waals surface area contributed by atoms with Crippen LogP contribution in [0, 0.1) is 6.92 Å². The maximum atomic E-state index is 11.5. The van der Waals surface area contributed by atoms with Crippen molar-refractivity contribution in [1.82, 2.24) is 14.8 Å². The molecule has 0 saturated heterocycles. The van der Waals surface area contributed by atoms with E-state index in [0.29, 0.717) is 11.6 Å². The van der Waals surface area contributed by atoms with E-state index in [4.69, 9.17) is 16.0 Å². The third-order valence-corrected chi connectivity index (χ3v) is 6.59. The van der Waals surface area contributed by atoms with Crippen LogP contribution in [-0.4, -0.2) is 29.1 Å². The molecule has 0 bridgehead atoms. The molecule has 4 rings (SSSR count). The second kappa shape index (κ2) is 8.06. The Kier molecular flexibility index (Phi) is 5.44. The summed E-state index contributed by atoms with van der Waals surface area (Å²) in [6.07, 6.45) is 0.523. The van der Waals surface area contributed by atoms with Crippen molar-refractivity contribution < 1.29 is 13.2 Å². The van der Waals surface area contributed by atoms with Gasteiger partial charge in [0.05, 0.1) is 10.6 Å². The van der Waals surface area contributed by atoms with E-state index in [0.717, 1.165) is 28.1 Å². The molecular formula is C21H19N5O3S2. The van der Waals surface area contributed by atoms with Gasteiger partial charge in [-0.3, -0.25) is 4.79 Å². The number of hydrogen-bond acceptors (Lipinski definition) is 6. The van der Waals surface area contributed by atoms with Gasteiger partial charge in [0.25, 0.3) is 5.91 Å². The van der Waals surface area contributed by atoms with E-state index >= 15 is 0 Å². The van der Waals surface area contributed by atoms with Gasteiger partial charge in [-0.15, -0.1) is 11.3 Å². The van der Waals surface area contributed by atoms with Crippen LogP contribution in [0.5, 0.6) is 0 Å². The first-order valence-electron chi connectivity index (χ1n) is 9.25. The molecule has 0 aliphatic heterocycles. The molecule has 0 radical (unpaired) electrons. The summed E-state index contributed by atoms with van der Waals surface area (Å²) in [5.41, 5.74) is 9.98. The average Bonchev–Trinajstić information content (AvgIpc) is 3.34. The molecule has 0 atom stereocenters. The molecule has 2 aromatic heterocycles. The molecule has 4 N–H and O–H groups in total. The van der Waals surface area contributed by atoms with Crippen LogP contribution in [0.2, 0.25) is 0 Å². The lowest BCUT2D eigenvalue weighted by Crippen LogP contribution is -2.12. The lowest BCUT2D eigenvalue weighted by Gasteiger charge is -2.06. The number of primary sulfonamides is 1. The van der Waals surface area contributed by atoms with E-state index in [2.05, 4.69) is 4.98 Å². The standard InChI is InChI=1S/C21H19N5O3S2/c1-13-17(11-14-7-9-16(10-8-14)31(23,28)29)19(15-5-3-2-4-6-15)25-26(13)21-24-18(12-30-21)20(22)27/h2-10,12H,11H2,1H3,(H2,22,27)(H2,23,28,29). The zero-order chi connectivity index (χ0) is 22.2. The summed E-state index contributed by atoms with van der Waals surface area (Å²) < 4.78 is 24.8. The summed E-state index contributed by atoms with van der Waals surface area (Å²) in [7, 11) is -3.75. The minimum atomic E-state index is -3.75. The number of primary amides is 1. The van der Waals surface area contributed by atoms with Crippen LogP contribution in [-0.2, 0) is 16.4 Å². The first-order chi connectivity index (χ1) is 14.7. The number of thiazole rings is 1. The summed E-state index contributed by atoms with van der Waals surface area (Å²) in [6, 6.07) is 16.2. The van der Waals surface area contributed by atoms with Gasteiger partial charge in [0, 0.05) is 28.6 Å². The molecule has 10 heteroatoms. The summed E-state index contributed by atoms with van der Waals surface area (Å²) in [6.45, 7) is 1.93. The summed E-state index contributed by atoms with van der Waals surface area (Å²) >= 11 is 1.28. The first kappa shape index (κ1) is 20.9. The second-order valence-electron chi connectivity index (χ2n) is 6.94. The van der Waals surface area contributed by atoms with Gasteiger partial charge < -0.3 is 5.73 Å². The topological polar surface area (TPSA) is 134 Å². The van der Waals surface area contributed by atoms with Gasteiger partial charge in [0.1, 0.15) is 5.69 Å². The van der Waals surface area contributed by atoms with E-state index in [-0.39, 0.29) is 10.6 Å². The number of nitrogens with two attached hydrogens (primary N) is 2. The highest BCUT2D eigenvalue weighted by Gasteiger charge is 2.20. The Morgan fingerprint density at radius 1 is 1.10 bits per heavy atom. The maximum absolute atomic E-state index is 11.5. The average molecular weight is 454 g/mol. The van der Waals surface area contributed by atoms with Crippen molar-refractivity contribution in [2.45, 2.75) is 18.2 Å². The summed E-state index contributed by atoms with van der Waals surface area (Å²) in [5.74, 6) is -0.592. The van der Waals surface area contributed by atoms with Crippen LogP contribution in [0.15, 0.2) is 64.9 Å². The third kappa shape index (κ3) is 4.26. The molecular weight excluding hydrogens is 434 g/mol. The third-order valence-electron chi connectivity index (χ3n) is 4.85. The number of amides is 1. The SMILES string of the molecule is Cc1c(Cc2ccc(S(N)(=O)=O)cc2)c(-c2ccccc2)nn1-c1nc(C(N)=O)cs1. The van der Waals surface area contributed by atoms with Gasteiger partial charge in [0.2, 0.25) is 15.2 Å². The molecule has 0 aliphatic rings. The van der Waals surface area contributed by atoms with Crippen LogP contribution in [0.1, 0.15) is 27.3 Å². The van der Waals surface area contributed by atoms with E-state index in [9.17, 15) is 13.2 Å². The Labute approximate surface area is 183 Å². The fourth-order valence-electron chi connectivity index (χ4n) is 3.24. The molecule has 4 aromatic rings. The van der Waals surface area contributed by atoms with E-state index < -0.39 is 15.9 Å². The number of rotatable bonds is 6. The van der Waals surface area contributed by atoms with Gasteiger partial charge in [-0.05, 0) is 24.6 Å². The number of benzene rings is 2. The van der Waals surface area contributed by atoms with Crippen LogP contribution in [0.25, 0.3) is 16.4 Å². The maximum Gasteiger partial charge on any atom is 0.268 e. The van der Waals surface area contributed by atoms with Crippen molar-refractivity contribution in [3.8, 4) is 16.4 Å². The van der Waals surface area contributed by atoms with Gasteiger partial charge in [-0.25, -0.2) is 23.2 Å². The number of sulfonamides is 1. The number of hydrogen-bond donors (Lipinski definition) is 2. The van der Waals surface area contributed by atoms with E-state index in [1.165, 1.54) is 23.5 Å². The highest BCUT2D eigenvalue weighted by molar-refractivity contribution is 7.89. The molecule has 2 aromatic carbocycles. The molecule has 8 nitrogen and oxygen atoms in total. The van der Waals surface area contributed by atoms with Crippen molar-refractivity contribution in [2.75, 3.05) is 0 Å². The first-order valence-corrected chi connectivity index (χ1v) is 11.7. The number of carbonyl (C=O) groups is 1. The highest BCUT2D eigenvalue weighted by Crippen LogP contribution is 2.30. The van der Waals surface area contributed by atoms with Crippen LogP contribution in [0.3, 0.4) is 0 Å². The summed E-state index contributed by atoms with van der Waals surface area (Å²) in [4.78, 5) is 15.8. The smallest absolute Gasteiger partial charge is 0.268 e. The predicted octanol–water partition coefficient (Wildman–Crippen LogP) is 2.64. The van der Waals surface area contributed by atoms with Gasteiger partial charge >= 0.3 is 0 Å². The van der Waals surface area contributed by atoms with Crippen LogP contribution in [0.4, 0.5) is 0 Å². The molecule has 31 heavy (non-hydrogen) atoms. The molecule has 158 valence electrons. The number of carbonyl (C=O) groups excluding carboxylic acids is 1. The van der Waals surface area contributed by atoms with E-state index in [1.807, 2.05) is 37.3 Å². The number of aromatic nitrogens is 3. The fourth-order valence-corrected chi connectivity index (χ4v) is 4.57. The van der Waals surface area contributed by atoms with Crippen molar-refractivity contribution >= 4 is 27.3 Å². The van der Waals surface area contributed by atoms with Crippen LogP contribution >= 0.6 is 11.3 Å². The zero-order valence-corrected chi connectivity index (χ0v) is 18.2. The van der Waals surface area contributed by atoms with Gasteiger partial charge in [-0.2, -0.15) is 5.10 Å². The minimum Gasteiger partial charge on any atom is -0.364 e. The van der Waals surface area contributed by atoms with E-state index in [1.54, 1.807) is 22.2 Å². The molecule has 0 fully saturated rings. The zero-order valence-electron chi connectivity index (χ0n) is 16.5. The molecule has 0 saturated carbocycles. The Morgan fingerprint density at radius 2 is 1.77 bits per heavy atom. The van der Waals surface area contributed by atoms with Crippen molar-refractivity contribution in [3.05, 3.63) is 82.5 Å². The Hall–Kier alpha value is -3.34. The molecule has 0 unspecified atom stereocenters. The monoisotopic (exact) mass is 453 g/mol. The Balaban J connectivity index is 1.80. The van der Waals surface area contributed by atoms with Crippen molar-refractivity contribution in [1.29, 1.82) is 0 Å². The lowest BCUT2D eigenvalue weighted by molar-refractivity contribution is 0.0996. The Bertz CT molecular complexity index is 1360. The molecule has 1 amide bonds. The quantitative estimate of drug-likeness (QED) is 0.463. The van der Waals surface area contributed by atoms with Crippen LogP contribution < -0.4 is 10.9 Å². The molecule has 0 spiro atoms. The predicted molar refractivity (Wildman–Crippen MR) is 119 cm³/mol. The number of nitrogens with zero attached hydrogens (tertiary/aromatic N) is 3. The highest BCUT2D eigenvalue weighted by atomic mass is 32.2. The fraction of sp³-hybridized carbons (Fsp3) is 0.0952. The Morgan fingerprint density at radius 3 is 2.35 bits per heavy atom. The molecule has 2 heterocycles. The van der Waals surface area contributed by atoms with Gasteiger partial charge in [0.15, 0.2) is 0 Å². The molecule has 0 aliphatic carbocycles. The van der Waals surface area contributed by atoms with Crippen molar-refractivity contribution in [3.63, 3.8) is 0 Å².